The largest absolute Gasteiger partial charge is 0.497 e. The molecule has 2 aliphatic heterocycles. The zero-order valence-electron chi connectivity index (χ0n) is 19.1. The van der Waals surface area contributed by atoms with Crippen LogP contribution in [0.1, 0.15) is 47.2 Å². The number of Topliss-reactive ketones (excluding diaryl/α,β-unsaturated/α-hetero) is 1. The van der Waals surface area contributed by atoms with Gasteiger partial charge >= 0.3 is 0 Å². The van der Waals surface area contributed by atoms with Crippen molar-refractivity contribution in [3.05, 3.63) is 64.2 Å². The van der Waals surface area contributed by atoms with Crippen molar-refractivity contribution in [2.24, 2.45) is 11.7 Å². The maximum Gasteiger partial charge on any atom is 0.185 e. The van der Waals surface area contributed by atoms with Crippen molar-refractivity contribution in [2.45, 2.75) is 55.2 Å². The molecule has 2 bridgehead atoms. The van der Waals surface area contributed by atoms with E-state index < -0.39 is 5.54 Å². The molecule has 1 saturated carbocycles. The number of likely N-dealkylation sites (tertiary alicyclic amines) is 1. The number of rotatable bonds is 5. The van der Waals surface area contributed by atoms with E-state index in [0.29, 0.717) is 23.0 Å². The van der Waals surface area contributed by atoms with Crippen molar-refractivity contribution < 1.29 is 14.3 Å². The molecule has 174 valence electrons. The third-order valence-corrected chi connectivity index (χ3v) is 8.64. The van der Waals surface area contributed by atoms with E-state index >= 15 is 0 Å². The summed E-state index contributed by atoms with van der Waals surface area (Å²) in [6.07, 6.45) is 5.22. The van der Waals surface area contributed by atoms with Crippen molar-refractivity contribution in [3.8, 4) is 5.75 Å². The van der Waals surface area contributed by atoms with E-state index in [2.05, 4.69) is 23.1 Å². The number of methoxy groups -OCH3 is 1. The predicted octanol–water partition coefficient (Wildman–Crippen LogP) is 4.00. The quantitative estimate of drug-likeness (QED) is 0.675. The molecule has 6 rings (SSSR count). The molecular formula is C27H31ClN2O3. The lowest BCUT2D eigenvalue weighted by molar-refractivity contribution is -0.145. The van der Waals surface area contributed by atoms with Crippen molar-refractivity contribution in [3.63, 3.8) is 0 Å². The number of ether oxygens (including phenoxy) is 2. The van der Waals surface area contributed by atoms with Gasteiger partial charge in [-0.05, 0) is 92.1 Å². The molecule has 4 aliphatic rings. The third kappa shape index (κ3) is 3.52. The molecule has 2 aromatic rings. The average Bonchev–Trinajstić information content (AvgIpc) is 3.64. The van der Waals surface area contributed by atoms with Crippen LogP contribution in [0.15, 0.2) is 42.5 Å². The molecule has 0 spiro atoms. The van der Waals surface area contributed by atoms with E-state index in [1.54, 1.807) is 31.4 Å². The van der Waals surface area contributed by atoms with Crippen molar-refractivity contribution in [1.29, 1.82) is 0 Å². The van der Waals surface area contributed by atoms with E-state index in [1.165, 1.54) is 24.0 Å². The normalized spacial score (nSPS) is 33.2. The second-order valence-electron chi connectivity index (χ2n) is 10.5. The van der Waals surface area contributed by atoms with E-state index in [-0.39, 0.29) is 23.9 Å². The molecule has 2 aromatic carbocycles. The van der Waals surface area contributed by atoms with Gasteiger partial charge in [-0.1, -0.05) is 17.7 Å². The van der Waals surface area contributed by atoms with Gasteiger partial charge in [0.2, 0.25) is 0 Å². The van der Waals surface area contributed by atoms with E-state index in [9.17, 15) is 4.79 Å². The van der Waals surface area contributed by atoms with Gasteiger partial charge in [-0.15, -0.1) is 0 Å². The highest BCUT2D eigenvalue weighted by Gasteiger charge is 2.61. The lowest BCUT2D eigenvalue weighted by Crippen LogP contribution is -2.72. The van der Waals surface area contributed by atoms with Gasteiger partial charge in [0.25, 0.3) is 0 Å². The molecule has 5 nitrogen and oxygen atoms in total. The second-order valence-corrected chi connectivity index (χ2v) is 11.0. The summed E-state index contributed by atoms with van der Waals surface area (Å²) in [5.74, 6) is 1.61. The Morgan fingerprint density at radius 3 is 2.76 bits per heavy atom. The molecule has 4 unspecified atom stereocenters. The first-order chi connectivity index (χ1) is 15.9. The van der Waals surface area contributed by atoms with Crippen LogP contribution in [-0.4, -0.2) is 55.2 Å². The SMILES string of the molecule is COc1ccc2c(c1)C13CCN(CC4CC4)C(C2)C1OCC(N)(C(=O)c1ccc(Cl)cc1)C3. The van der Waals surface area contributed by atoms with E-state index in [4.69, 9.17) is 26.8 Å². The fraction of sp³-hybridized carbons (Fsp3) is 0.519. The molecule has 2 N–H and O–H groups in total. The van der Waals surface area contributed by atoms with Gasteiger partial charge in [0.15, 0.2) is 5.78 Å². The van der Waals surface area contributed by atoms with Crippen LogP contribution < -0.4 is 10.5 Å². The minimum Gasteiger partial charge on any atom is -0.497 e. The monoisotopic (exact) mass is 466 g/mol. The molecule has 0 radical (unpaired) electrons. The molecule has 2 saturated heterocycles. The van der Waals surface area contributed by atoms with Crippen LogP contribution in [0, 0.1) is 5.92 Å². The molecule has 4 atom stereocenters. The topological polar surface area (TPSA) is 64.8 Å². The molecule has 2 heterocycles. The maximum atomic E-state index is 13.6. The summed E-state index contributed by atoms with van der Waals surface area (Å²) in [5, 5.41) is 0.607. The number of carbonyl (C=O) groups excluding carboxylic acids is 1. The number of nitrogens with two attached hydrogens (primary N) is 1. The Kier molecular flexibility index (Phi) is 5.11. The Balaban J connectivity index is 1.40. The third-order valence-electron chi connectivity index (χ3n) is 8.39. The Morgan fingerprint density at radius 2 is 2.03 bits per heavy atom. The molecular weight excluding hydrogens is 436 g/mol. The van der Waals surface area contributed by atoms with Crippen LogP contribution in [0.4, 0.5) is 0 Å². The van der Waals surface area contributed by atoms with E-state index in [1.807, 2.05) is 0 Å². The number of hydrogen-bond donors (Lipinski definition) is 1. The van der Waals surface area contributed by atoms with Crippen LogP contribution in [-0.2, 0) is 16.6 Å². The lowest BCUT2D eigenvalue weighted by atomic mass is 9.55. The number of halogens is 1. The lowest BCUT2D eigenvalue weighted by Gasteiger charge is -2.61. The summed E-state index contributed by atoms with van der Waals surface area (Å²) in [7, 11) is 1.70. The summed E-state index contributed by atoms with van der Waals surface area (Å²) in [6, 6.07) is 13.8. The van der Waals surface area contributed by atoms with Gasteiger partial charge in [0.05, 0.1) is 19.8 Å². The first kappa shape index (κ1) is 21.6. The van der Waals surface area contributed by atoms with Gasteiger partial charge in [-0.3, -0.25) is 9.69 Å². The summed E-state index contributed by atoms with van der Waals surface area (Å²) in [5.41, 5.74) is 8.72. The maximum absolute atomic E-state index is 13.6. The standard InChI is InChI=1S/C27H31ClN2O3/c1-32-21-9-6-19-12-23-25-26(22(19)13-21,10-11-30(23)14-17-2-3-17)15-27(29,16-33-25)24(31)18-4-7-20(28)8-5-18/h4-9,13,17,23,25H,2-3,10-12,14-16,29H2,1H3. The van der Waals surface area contributed by atoms with Crippen LogP contribution in [0.3, 0.4) is 0 Å². The fourth-order valence-electron chi connectivity index (χ4n) is 6.58. The molecule has 2 aliphatic carbocycles. The van der Waals surface area contributed by atoms with Gasteiger partial charge in [0.1, 0.15) is 11.3 Å². The Hall–Kier alpha value is -1.92. The van der Waals surface area contributed by atoms with Crippen molar-refractivity contribution >= 4 is 17.4 Å². The number of benzene rings is 2. The number of carbonyl (C=O) groups is 1. The zero-order chi connectivity index (χ0) is 22.8. The smallest absolute Gasteiger partial charge is 0.185 e. The van der Waals surface area contributed by atoms with Crippen LogP contribution in [0.2, 0.25) is 5.02 Å². The van der Waals surface area contributed by atoms with Crippen LogP contribution in [0.25, 0.3) is 0 Å². The minimum atomic E-state index is -1.08. The number of hydrogen-bond acceptors (Lipinski definition) is 5. The Morgan fingerprint density at radius 1 is 1.24 bits per heavy atom. The summed E-state index contributed by atoms with van der Waals surface area (Å²) >= 11 is 6.05. The summed E-state index contributed by atoms with van der Waals surface area (Å²) in [6.45, 7) is 2.42. The van der Waals surface area contributed by atoms with Gasteiger partial charge in [0, 0.05) is 28.6 Å². The minimum absolute atomic E-state index is 0.0410. The second kappa shape index (κ2) is 7.81. The highest BCUT2D eigenvalue weighted by Crippen LogP contribution is 2.54. The molecule has 33 heavy (non-hydrogen) atoms. The summed E-state index contributed by atoms with van der Waals surface area (Å²) in [4.78, 5) is 16.3. The van der Waals surface area contributed by atoms with Crippen LogP contribution >= 0.6 is 11.6 Å². The van der Waals surface area contributed by atoms with Gasteiger partial charge < -0.3 is 15.2 Å². The Bertz CT molecular complexity index is 1090. The average molecular weight is 467 g/mol. The van der Waals surface area contributed by atoms with Gasteiger partial charge in [-0.2, -0.15) is 0 Å². The van der Waals surface area contributed by atoms with E-state index in [0.717, 1.165) is 37.6 Å². The van der Waals surface area contributed by atoms with Crippen molar-refractivity contribution in [1.82, 2.24) is 4.90 Å². The van der Waals surface area contributed by atoms with Crippen molar-refractivity contribution in [2.75, 3.05) is 26.8 Å². The number of fused-ring (bicyclic) bond motifs is 1. The predicted molar refractivity (Wildman–Crippen MR) is 128 cm³/mol. The first-order valence-corrected chi connectivity index (χ1v) is 12.4. The molecule has 3 fully saturated rings. The number of ketones is 1. The Labute approximate surface area is 200 Å². The molecule has 0 aromatic heterocycles. The molecule has 6 heteroatoms. The molecule has 0 amide bonds. The highest BCUT2D eigenvalue weighted by molar-refractivity contribution is 6.30. The zero-order valence-corrected chi connectivity index (χ0v) is 19.8. The summed E-state index contributed by atoms with van der Waals surface area (Å²) < 4.78 is 12.2. The highest BCUT2D eigenvalue weighted by atomic mass is 35.5. The fourth-order valence-corrected chi connectivity index (χ4v) is 6.71. The van der Waals surface area contributed by atoms with Crippen LogP contribution in [0.5, 0.6) is 5.75 Å². The first-order valence-electron chi connectivity index (χ1n) is 12.0. The van der Waals surface area contributed by atoms with Gasteiger partial charge in [-0.25, -0.2) is 0 Å². The number of nitrogens with zero attached hydrogens (tertiary/aromatic N) is 1. The number of piperidine rings is 1.